The summed E-state index contributed by atoms with van der Waals surface area (Å²) in [6.45, 7) is 4.46. The van der Waals surface area contributed by atoms with E-state index in [0.717, 1.165) is 30.9 Å². The Morgan fingerprint density at radius 2 is 1.62 bits per heavy atom. The molecule has 2 aromatic rings. The Labute approximate surface area is 150 Å². The third kappa shape index (κ3) is 3.94. The highest BCUT2D eigenvalue weighted by Crippen LogP contribution is 2.22. The van der Waals surface area contributed by atoms with E-state index in [4.69, 9.17) is 0 Å². The lowest BCUT2D eigenvalue weighted by Crippen LogP contribution is -2.52. The Balaban J connectivity index is 1.58. The second-order valence-corrected chi connectivity index (χ2v) is 6.30. The van der Waals surface area contributed by atoms with Crippen LogP contribution in [0.5, 0.6) is 5.75 Å². The lowest BCUT2D eigenvalue weighted by atomic mass is 10.2. The van der Waals surface area contributed by atoms with Crippen LogP contribution in [0.4, 0.5) is 20.2 Å². The Kier molecular flexibility index (Phi) is 5.37. The van der Waals surface area contributed by atoms with Gasteiger partial charge in [0, 0.05) is 31.9 Å². The molecule has 5 nitrogen and oxygen atoms in total. The number of para-hydroxylation sites is 1. The molecular formula is C19H21F2N3O2. The Bertz CT molecular complexity index is 755. The van der Waals surface area contributed by atoms with Gasteiger partial charge in [-0.25, -0.2) is 8.78 Å². The highest BCUT2D eigenvalue weighted by Gasteiger charge is 2.26. The zero-order chi connectivity index (χ0) is 18.7. The number of nitrogens with zero attached hydrogens (tertiary/aromatic N) is 2. The van der Waals surface area contributed by atoms with Gasteiger partial charge in [-0.2, -0.15) is 0 Å². The highest BCUT2D eigenvalue weighted by atomic mass is 19.1. The number of amides is 1. The number of anilines is 2. The van der Waals surface area contributed by atoms with Gasteiger partial charge < -0.3 is 15.3 Å². The van der Waals surface area contributed by atoms with Gasteiger partial charge in [0.15, 0.2) is 0 Å². The van der Waals surface area contributed by atoms with Crippen LogP contribution < -0.4 is 10.2 Å². The largest absolute Gasteiger partial charge is 0.508 e. The summed E-state index contributed by atoms with van der Waals surface area (Å²) in [6.07, 6.45) is 0. The maximum absolute atomic E-state index is 13.7. The van der Waals surface area contributed by atoms with Crippen molar-refractivity contribution in [3.8, 4) is 5.75 Å². The lowest BCUT2D eigenvalue weighted by Gasteiger charge is -2.38. The van der Waals surface area contributed by atoms with Crippen LogP contribution in [0.15, 0.2) is 42.5 Å². The number of carbonyl (C=O) groups is 1. The van der Waals surface area contributed by atoms with Crippen LogP contribution in [0.3, 0.4) is 0 Å². The summed E-state index contributed by atoms with van der Waals surface area (Å²) >= 11 is 0. The summed E-state index contributed by atoms with van der Waals surface area (Å²) < 4.78 is 27.4. The number of halogens is 2. The standard InChI is InChI=1S/C19H21F2N3O2/c1-13(19(26)22-18-16(20)3-2-4-17(18)21)23-9-11-24(12-10-23)14-5-7-15(25)8-6-14/h2-8,13,25H,9-12H2,1H3,(H,22,26). The molecule has 7 heteroatoms. The minimum atomic E-state index is -0.789. The number of piperazine rings is 1. The van der Waals surface area contributed by atoms with Crippen molar-refractivity contribution in [1.82, 2.24) is 4.90 Å². The molecule has 1 fully saturated rings. The first kappa shape index (κ1) is 18.1. The molecule has 26 heavy (non-hydrogen) atoms. The summed E-state index contributed by atoms with van der Waals surface area (Å²) in [4.78, 5) is 16.5. The fraction of sp³-hybridized carbons (Fsp3) is 0.316. The second-order valence-electron chi connectivity index (χ2n) is 6.30. The van der Waals surface area contributed by atoms with E-state index in [1.807, 2.05) is 17.0 Å². The van der Waals surface area contributed by atoms with E-state index in [2.05, 4.69) is 10.2 Å². The lowest BCUT2D eigenvalue weighted by molar-refractivity contribution is -0.120. The molecular weight excluding hydrogens is 340 g/mol. The molecule has 2 N–H and O–H groups in total. The Morgan fingerprint density at radius 1 is 1.04 bits per heavy atom. The Morgan fingerprint density at radius 3 is 2.19 bits per heavy atom. The van der Waals surface area contributed by atoms with Crippen LogP contribution >= 0.6 is 0 Å². The number of aromatic hydroxyl groups is 1. The molecule has 1 aliphatic heterocycles. The van der Waals surface area contributed by atoms with Crippen molar-refractivity contribution in [2.75, 3.05) is 36.4 Å². The summed E-state index contributed by atoms with van der Waals surface area (Å²) in [5.41, 5.74) is 0.597. The molecule has 0 saturated carbocycles. The number of rotatable bonds is 4. The van der Waals surface area contributed by atoms with E-state index in [1.165, 1.54) is 6.07 Å². The average Bonchev–Trinajstić information content (AvgIpc) is 2.65. The normalized spacial score (nSPS) is 16.3. The molecule has 3 rings (SSSR count). The maximum atomic E-state index is 13.7. The van der Waals surface area contributed by atoms with Crippen molar-refractivity contribution in [2.45, 2.75) is 13.0 Å². The van der Waals surface area contributed by atoms with E-state index in [-0.39, 0.29) is 5.75 Å². The monoisotopic (exact) mass is 361 g/mol. The number of phenols is 1. The quantitative estimate of drug-likeness (QED) is 0.879. The summed E-state index contributed by atoms with van der Waals surface area (Å²) in [5.74, 6) is -1.80. The highest BCUT2D eigenvalue weighted by molar-refractivity contribution is 5.94. The third-order valence-electron chi connectivity index (χ3n) is 4.67. The van der Waals surface area contributed by atoms with Gasteiger partial charge in [-0.15, -0.1) is 0 Å². The van der Waals surface area contributed by atoms with Crippen molar-refractivity contribution >= 4 is 17.3 Å². The molecule has 1 atom stereocenters. The number of benzene rings is 2. The first-order valence-electron chi connectivity index (χ1n) is 8.48. The predicted molar refractivity (Wildman–Crippen MR) is 96.3 cm³/mol. The van der Waals surface area contributed by atoms with Crippen LogP contribution in [-0.2, 0) is 4.79 Å². The van der Waals surface area contributed by atoms with Crippen LogP contribution in [0.2, 0.25) is 0 Å². The van der Waals surface area contributed by atoms with Gasteiger partial charge in [0.1, 0.15) is 23.1 Å². The topological polar surface area (TPSA) is 55.8 Å². The second kappa shape index (κ2) is 7.70. The number of hydrogen-bond donors (Lipinski definition) is 2. The van der Waals surface area contributed by atoms with Crippen molar-refractivity contribution in [3.05, 3.63) is 54.1 Å². The van der Waals surface area contributed by atoms with Gasteiger partial charge in [-0.05, 0) is 43.3 Å². The number of phenolic OH excluding ortho intramolecular Hbond substituents is 1. The van der Waals surface area contributed by atoms with Gasteiger partial charge in [-0.1, -0.05) is 6.07 Å². The average molecular weight is 361 g/mol. The Hall–Kier alpha value is -2.67. The van der Waals surface area contributed by atoms with Gasteiger partial charge in [0.25, 0.3) is 0 Å². The minimum Gasteiger partial charge on any atom is -0.508 e. The van der Waals surface area contributed by atoms with Gasteiger partial charge in [-0.3, -0.25) is 9.69 Å². The molecule has 0 aromatic heterocycles. The fourth-order valence-corrected chi connectivity index (χ4v) is 3.04. The number of carbonyl (C=O) groups excluding carboxylic acids is 1. The summed E-state index contributed by atoms with van der Waals surface area (Å²) in [7, 11) is 0. The molecule has 0 bridgehead atoms. The zero-order valence-electron chi connectivity index (χ0n) is 14.5. The maximum Gasteiger partial charge on any atom is 0.241 e. The minimum absolute atomic E-state index is 0.220. The van der Waals surface area contributed by atoms with Crippen molar-refractivity contribution < 1.29 is 18.7 Å². The first-order chi connectivity index (χ1) is 12.5. The van der Waals surface area contributed by atoms with Gasteiger partial charge >= 0.3 is 0 Å². The van der Waals surface area contributed by atoms with E-state index in [0.29, 0.717) is 13.1 Å². The molecule has 1 heterocycles. The van der Waals surface area contributed by atoms with Gasteiger partial charge in [0.05, 0.1) is 6.04 Å². The van der Waals surface area contributed by atoms with Crippen molar-refractivity contribution in [3.63, 3.8) is 0 Å². The molecule has 0 aliphatic carbocycles. The number of hydrogen-bond acceptors (Lipinski definition) is 4. The third-order valence-corrected chi connectivity index (χ3v) is 4.67. The number of nitrogens with one attached hydrogen (secondary N) is 1. The van der Waals surface area contributed by atoms with Crippen molar-refractivity contribution in [1.29, 1.82) is 0 Å². The molecule has 0 spiro atoms. The predicted octanol–water partition coefficient (Wildman–Crippen LogP) is 2.82. The zero-order valence-corrected chi connectivity index (χ0v) is 14.5. The summed E-state index contributed by atoms with van der Waals surface area (Å²) in [6, 6.07) is 9.95. The van der Waals surface area contributed by atoms with Crippen molar-refractivity contribution in [2.24, 2.45) is 0 Å². The fourth-order valence-electron chi connectivity index (χ4n) is 3.04. The van der Waals surface area contributed by atoms with E-state index in [1.54, 1.807) is 19.1 Å². The van der Waals surface area contributed by atoms with E-state index in [9.17, 15) is 18.7 Å². The molecule has 2 aromatic carbocycles. The van der Waals surface area contributed by atoms with E-state index < -0.39 is 29.3 Å². The molecule has 1 amide bonds. The first-order valence-corrected chi connectivity index (χ1v) is 8.48. The summed E-state index contributed by atoms with van der Waals surface area (Å²) in [5, 5.41) is 11.7. The van der Waals surface area contributed by atoms with Gasteiger partial charge in [0.2, 0.25) is 5.91 Å². The smallest absolute Gasteiger partial charge is 0.241 e. The molecule has 1 aliphatic rings. The van der Waals surface area contributed by atoms with E-state index >= 15 is 0 Å². The van der Waals surface area contributed by atoms with Crippen LogP contribution in [0.25, 0.3) is 0 Å². The SMILES string of the molecule is CC(C(=O)Nc1c(F)cccc1F)N1CCN(c2ccc(O)cc2)CC1. The molecule has 1 unspecified atom stereocenters. The molecule has 0 radical (unpaired) electrons. The van der Waals surface area contributed by atoms with Crippen LogP contribution in [0, 0.1) is 11.6 Å². The molecule has 1 saturated heterocycles. The van der Waals surface area contributed by atoms with Crippen LogP contribution in [0.1, 0.15) is 6.92 Å². The molecule has 138 valence electrons. The van der Waals surface area contributed by atoms with Crippen LogP contribution in [-0.4, -0.2) is 48.1 Å².